The molecule has 0 aromatic rings. The van der Waals surface area contributed by atoms with E-state index in [9.17, 15) is 5.11 Å². The average molecular weight is 185 g/mol. The number of aliphatic hydroxyl groups excluding tert-OH is 1. The molecule has 2 N–H and O–H groups in total. The van der Waals surface area contributed by atoms with Gasteiger partial charge in [0.1, 0.15) is 0 Å². The molecule has 0 radical (unpaired) electrons. The zero-order valence-electron chi connectivity index (χ0n) is 9.09. The van der Waals surface area contributed by atoms with E-state index in [0.717, 1.165) is 12.8 Å². The van der Waals surface area contributed by atoms with Crippen LogP contribution in [0.2, 0.25) is 0 Å². The van der Waals surface area contributed by atoms with Gasteiger partial charge in [-0.25, -0.2) is 0 Å². The third-order valence-electron chi connectivity index (χ3n) is 2.25. The first kappa shape index (κ1) is 12.7. The molecule has 2 nitrogen and oxygen atoms in total. The van der Waals surface area contributed by atoms with Gasteiger partial charge >= 0.3 is 0 Å². The van der Waals surface area contributed by atoms with Crippen LogP contribution in [0, 0.1) is 5.92 Å². The lowest BCUT2D eigenvalue weighted by Gasteiger charge is -2.18. The van der Waals surface area contributed by atoms with Crippen molar-refractivity contribution in [2.24, 2.45) is 5.92 Å². The van der Waals surface area contributed by atoms with Crippen molar-refractivity contribution in [1.82, 2.24) is 5.32 Å². The van der Waals surface area contributed by atoms with Gasteiger partial charge in [-0.2, -0.15) is 0 Å². The molecular weight excluding hydrogens is 162 g/mol. The molecule has 0 heterocycles. The largest absolute Gasteiger partial charge is 0.392 e. The van der Waals surface area contributed by atoms with E-state index in [1.54, 1.807) is 0 Å². The Bertz CT molecular complexity index is 134. The van der Waals surface area contributed by atoms with E-state index >= 15 is 0 Å². The third-order valence-corrected chi connectivity index (χ3v) is 2.25. The summed E-state index contributed by atoms with van der Waals surface area (Å²) in [5.41, 5.74) is 0. The minimum atomic E-state index is -0.230. The molecule has 0 fully saturated rings. The van der Waals surface area contributed by atoms with E-state index in [0.29, 0.717) is 18.5 Å². The molecule has 0 spiro atoms. The maximum atomic E-state index is 9.52. The summed E-state index contributed by atoms with van der Waals surface area (Å²) in [5.74, 6) is 0.333. The predicted molar refractivity (Wildman–Crippen MR) is 57.7 cm³/mol. The Labute approximate surface area is 82.0 Å². The van der Waals surface area contributed by atoms with E-state index in [1.807, 2.05) is 19.9 Å². The van der Waals surface area contributed by atoms with Gasteiger partial charge in [0.05, 0.1) is 6.10 Å². The lowest BCUT2D eigenvalue weighted by atomic mass is 10.1. The normalized spacial score (nSPS) is 15.8. The van der Waals surface area contributed by atoms with Gasteiger partial charge in [0.25, 0.3) is 0 Å². The van der Waals surface area contributed by atoms with Crippen LogP contribution >= 0.6 is 0 Å². The lowest BCUT2D eigenvalue weighted by molar-refractivity contribution is 0.120. The number of aliphatic hydroxyl groups is 1. The van der Waals surface area contributed by atoms with Crippen molar-refractivity contribution in [2.75, 3.05) is 6.54 Å². The molecule has 0 aliphatic carbocycles. The summed E-state index contributed by atoms with van der Waals surface area (Å²) < 4.78 is 0. The topological polar surface area (TPSA) is 32.3 Å². The summed E-state index contributed by atoms with van der Waals surface area (Å²) in [6.07, 6.45) is 3.82. The Morgan fingerprint density at radius 2 is 2.00 bits per heavy atom. The molecule has 0 aromatic carbocycles. The van der Waals surface area contributed by atoms with Crippen LogP contribution in [-0.4, -0.2) is 23.8 Å². The van der Waals surface area contributed by atoms with E-state index < -0.39 is 0 Å². The van der Waals surface area contributed by atoms with Gasteiger partial charge in [0, 0.05) is 12.6 Å². The minimum Gasteiger partial charge on any atom is -0.392 e. The van der Waals surface area contributed by atoms with Crippen LogP contribution in [0.15, 0.2) is 12.7 Å². The fraction of sp³-hybridized carbons (Fsp3) is 0.818. The standard InChI is InChI=1S/C11H23NO/c1-5-6-7-10(4)12-8-11(13)9(2)3/h5,9-13H,1,6-8H2,2-4H3. The first-order valence-electron chi connectivity index (χ1n) is 5.10. The highest BCUT2D eigenvalue weighted by Crippen LogP contribution is 2.01. The number of hydrogen-bond acceptors (Lipinski definition) is 2. The summed E-state index contributed by atoms with van der Waals surface area (Å²) in [6, 6.07) is 0.464. The highest BCUT2D eigenvalue weighted by Gasteiger charge is 2.09. The van der Waals surface area contributed by atoms with Crippen molar-refractivity contribution in [3.63, 3.8) is 0 Å². The second kappa shape index (κ2) is 7.10. The second-order valence-corrected chi connectivity index (χ2v) is 3.99. The highest BCUT2D eigenvalue weighted by atomic mass is 16.3. The van der Waals surface area contributed by atoms with Crippen LogP contribution in [0.1, 0.15) is 33.6 Å². The van der Waals surface area contributed by atoms with Crippen LogP contribution in [-0.2, 0) is 0 Å². The van der Waals surface area contributed by atoms with Crippen LogP contribution < -0.4 is 5.32 Å². The second-order valence-electron chi connectivity index (χ2n) is 3.99. The summed E-state index contributed by atoms with van der Waals surface area (Å²) in [6.45, 7) is 10.6. The van der Waals surface area contributed by atoms with Crippen molar-refractivity contribution in [1.29, 1.82) is 0 Å². The predicted octanol–water partition coefficient (Wildman–Crippen LogP) is 1.95. The van der Waals surface area contributed by atoms with Crippen LogP contribution in [0.5, 0.6) is 0 Å². The van der Waals surface area contributed by atoms with Gasteiger partial charge in [0.2, 0.25) is 0 Å². The highest BCUT2D eigenvalue weighted by molar-refractivity contribution is 4.72. The molecule has 2 atom stereocenters. The van der Waals surface area contributed by atoms with Crippen molar-refractivity contribution in [2.45, 2.75) is 45.8 Å². The molecule has 0 bridgehead atoms. The molecule has 2 unspecified atom stereocenters. The Hall–Kier alpha value is -0.340. The van der Waals surface area contributed by atoms with Crippen LogP contribution in [0.4, 0.5) is 0 Å². The molecule has 0 aliphatic rings. The Morgan fingerprint density at radius 1 is 1.38 bits per heavy atom. The molecule has 0 saturated heterocycles. The van der Waals surface area contributed by atoms with Gasteiger partial charge in [-0.05, 0) is 25.7 Å². The van der Waals surface area contributed by atoms with Gasteiger partial charge in [-0.3, -0.25) is 0 Å². The Balaban J connectivity index is 3.45. The van der Waals surface area contributed by atoms with Crippen molar-refractivity contribution in [3.8, 4) is 0 Å². The lowest BCUT2D eigenvalue weighted by Crippen LogP contribution is -2.36. The first-order chi connectivity index (χ1) is 6.07. The van der Waals surface area contributed by atoms with Gasteiger partial charge in [-0.1, -0.05) is 19.9 Å². The Morgan fingerprint density at radius 3 is 2.46 bits per heavy atom. The average Bonchev–Trinajstić information content (AvgIpc) is 2.10. The first-order valence-corrected chi connectivity index (χ1v) is 5.10. The fourth-order valence-electron chi connectivity index (χ4n) is 1.03. The molecule has 78 valence electrons. The van der Waals surface area contributed by atoms with Gasteiger partial charge in [-0.15, -0.1) is 6.58 Å². The van der Waals surface area contributed by atoms with Crippen molar-refractivity contribution < 1.29 is 5.11 Å². The zero-order valence-corrected chi connectivity index (χ0v) is 9.09. The maximum Gasteiger partial charge on any atom is 0.0687 e. The smallest absolute Gasteiger partial charge is 0.0687 e. The van der Waals surface area contributed by atoms with Crippen molar-refractivity contribution >= 4 is 0 Å². The fourth-order valence-corrected chi connectivity index (χ4v) is 1.03. The quantitative estimate of drug-likeness (QED) is 0.594. The van der Waals surface area contributed by atoms with E-state index in [-0.39, 0.29) is 6.10 Å². The van der Waals surface area contributed by atoms with E-state index in [4.69, 9.17) is 0 Å². The van der Waals surface area contributed by atoms with E-state index in [1.165, 1.54) is 0 Å². The molecule has 0 rings (SSSR count). The summed E-state index contributed by atoms with van der Waals surface area (Å²) in [5, 5.41) is 12.8. The number of hydrogen-bond donors (Lipinski definition) is 2. The molecule has 0 saturated carbocycles. The number of rotatable bonds is 7. The SMILES string of the molecule is C=CCCC(C)NCC(O)C(C)C. The molecule has 2 heteroatoms. The summed E-state index contributed by atoms with van der Waals surface area (Å²) >= 11 is 0. The molecule has 0 aliphatic heterocycles. The Kier molecular flexibility index (Phi) is 6.92. The van der Waals surface area contributed by atoms with Crippen molar-refractivity contribution in [3.05, 3.63) is 12.7 Å². The zero-order chi connectivity index (χ0) is 10.3. The summed E-state index contributed by atoms with van der Waals surface area (Å²) in [7, 11) is 0. The van der Waals surface area contributed by atoms with Gasteiger partial charge < -0.3 is 10.4 Å². The molecule has 0 aromatic heterocycles. The molecule has 13 heavy (non-hydrogen) atoms. The third kappa shape index (κ3) is 6.79. The van der Waals surface area contributed by atoms with E-state index in [2.05, 4.69) is 18.8 Å². The number of allylic oxidation sites excluding steroid dienone is 1. The van der Waals surface area contributed by atoms with Crippen LogP contribution in [0.25, 0.3) is 0 Å². The van der Waals surface area contributed by atoms with Crippen LogP contribution in [0.3, 0.4) is 0 Å². The maximum absolute atomic E-state index is 9.52. The molecular formula is C11H23NO. The monoisotopic (exact) mass is 185 g/mol. The molecule has 0 amide bonds. The summed E-state index contributed by atoms with van der Waals surface area (Å²) in [4.78, 5) is 0. The minimum absolute atomic E-state index is 0.230. The van der Waals surface area contributed by atoms with Gasteiger partial charge in [0.15, 0.2) is 0 Å². The number of nitrogens with one attached hydrogen (secondary N) is 1.